The number of hydrogen-bond acceptors (Lipinski definition) is 3. The van der Waals surface area contributed by atoms with Crippen LogP contribution in [-0.4, -0.2) is 4.92 Å². The number of hydrogen-bond donors (Lipinski definition) is 0. The van der Waals surface area contributed by atoms with Gasteiger partial charge in [0.15, 0.2) is 0 Å². The molecule has 0 heterocycles. The van der Waals surface area contributed by atoms with Gasteiger partial charge in [-0.25, -0.2) is 0 Å². The predicted octanol–water partition coefficient (Wildman–Crippen LogP) is 3.92. The lowest BCUT2D eigenvalue weighted by molar-refractivity contribution is -0.427. The van der Waals surface area contributed by atoms with Crippen LogP contribution in [0.2, 0.25) is 0 Å². The van der Waals surface area contributed by atoms with Crippen molar-refractivity contribution in [3.8, 4) is 0 Å². The van der Waals surface area contributed by atoms with Crippen LogP contribution in [0.5, 0.6) is 0 Å². The maximum absolute atomic E-state index is 10.6. The summed E-state index contributed by atoms with van der Waals surface area (Å²) in [6.45, 7) is 5.84. The molecule has 0 aliphatic rings. The minimum Gasteiger partial charge on any atom is -0.259 e. The molecule has 0 atom stereocenters. The molecule has 16 heavy (non-hydrogen) atoms. The van der Waals surface area contributed by atoms with Crippen molar-refractivity contribution < 1.29 is 4.92 Å². The molecule has 1 aromatic rings. The number of nitro groups is 1. The second-order valence-electron chi connectivity index (χ2n) is 3.61. The molecule has 4 heteroatoms. The standard InChI is InChI=1S/C12H15NO2S/c1-4-11(13(14)15)8-16-12-6-5-9(2)7-10(12)3/h5-8H,4H2,1-3H3. The molecule has 0 aliphatic heterocycles. The highest BCUT2D eigenvalue weighted by Gasteiger charge is 2.07. The van der Waals surface area contributed by atoms with Crippen LogP contribution in [0.3, 0.4) is 0 Å². The van der Waals surface area contributed by atoms with E-state index >= 15 is 0 Å². The molecule has 0 spiro atoms. The van der Waals surface area contributed by atoms with Gasteiger partial charge >= 0.3 is 0 Å². The molecule has 0 N–H and O–H groups in total. The van der Waals surface area contributed by atoms with Crippen LogP contribution in [-0.2, 0) is 0 Å². The Morgan fingerprint density at radius 1 is 1.50 bits per heavy atom. The van der Waals surface area contributed by atoms with E-state index in [1.54, 1.807) is 12.3 Å². The van der Waals surface area contributed by atoms with Crippen LogP contribution < -0.4 is 0 Å². The minimum absolute atomic E-state index is 0.255. The Morgan fingerprint density at radius 2 is 2.19 bits per heavy atom. The largest absolute Gasteiger partial charge is 0.259 e. The highest BCUT2D eigenvalue weighted by atomic mass is 32.2. The van der Waals surface area contributed by atoms with Gasteiger partial charge in [-0.05, 0) is 25.5 Å². The van der Waals surface area contributed by atoms with Crippen molar-refractivity contribution in [3.63, 3.8) is 0 Å². The molecule has 3 nitrogen and oxygen atoms in total. The van der Waals surface area contributed by atoms with Gasteiger partial charge in [0.05, 0.1) is 4.92 Å². The third-order valence-corrected chi connectivity index (χ3v) is 3.35. The summed E-state index contributed by atoms with van der Waals surface area (Å²) in [5.74, 6) is 0. The topological polar surface area (TPSA) is 43.1 Å². The molecular weight excluding hydrogens is 222 g/mol. The third-order valence-electron chi connectivity index (χ3n) is 2.25. The molecule has 1 rings (SSSR count). The van der Waals surface area contributed by atoms with Gasteiger partial charge < -0.3 is 0 Å². The summed E-state index contributed by atoms with van der Waals surface area (Å²) in [4.78, 5) is 11.4. The zero-order valence-electron chi connectivity index (χ0n) is 9.69. The second kappa shape index (κ2) is 5.70. The van der Waals surface area contributed by atoms with E-state index in [0.29, 0.717) is 6.42 Å². The first-order valence-corrected chi connectivity index (χ1v) is 6.00. The fourth-order valence-corrected chi connectivity index (χ4v) is 2.23. The van der Waals surface area contributed by atoms with Crippen molar-refractivity contribution in [2.45, 2.75) is 32.1 Å². The zero-order valence-corrected chi connectivity index (χ0v) is 10.5. The lowest BCUT2D eigenvalue weighted by Crippen LogP contribution is -1.95. The van der Waals surface area contributed by atoms with Crippen molar-refractivity contribution in [1.82, 2.24) is 0 Å². The number of thioether (sulfide) groups is 1. The van der Waals surface area contributed by atoms with Gasteiger partial charge in [0.1, 0.15) is 0 Å². The van der Waals surface area contributed by atoms with Crippen LogP contribution in [0.1, 0.15) is 24.5 Å². The van der Waals surface area contributed by atoms with Gasteiger partial charge in [-0.3, -0.25) is 10.1 Å². The molecule has 0 radical (unpaired) electrons. The Bertz CT molecular complexity index is 427. The number of rotatable bonds is 4. The van der Waals surface area contributed by atoms with Crippen LogP contribution in [0.25, 0.3) is 0 Å². The summed E-state index contributed by atoms with van der Waals surface area (Å²) >= 11 is 1.41. The quantitative estimate of drug-likeness (QED) is 0.453. The molecule has 1 aromatic carbocycles. The molecule has 86 valence electrons. The van der Waals surface area contributed by atoms with Gasteiger partial charge in [0.25, 0.3) is 5.70 Å². The molecule has 0 fully saturated rings. The van der Waals surface area contributed by atoms with Gasteiger partial charge in [0.2, 0.25) is 0 Å². The summed E-state index contributed by atoms with van der Waals surface area (Å²) in [5.41, 5.74) is 2.61. The minimum atomic E-state index is -0.323. The monoisotopic (exact) mass is 237 g/mol. The van der Waals surface area contributed by atoms with E-state index in [1.807, 2.05) is 26.0 Å². The Labute approximate surface area is 99.7 Å². The predicted molar refractivity (Wildman–Crippen MR) is 67.1 cm³/mol. The number of aryl methyl sites for hydroxylation is 2. The van der Waals surface area contributed by atoms with Crippen molar-refractivity contribution in [2.75, 3.05) is 0 Å². The Balaban J connectivity index is 2.85. The number of allylic oxidation sites excluding steroid dienone is 1. The second-order valence-corrected chi connectivity index (χ2v) is 4.52. The van der Waals surface area contributed by atoms with Gasteiger partial charge in [-0.2, -0.15) is 0 Å². The summed E-state index contributed by atoms with van der Waals surface area (Å²) in [7, 11) is 0. The van der Waals surface area contributed by atoms with Crippen LogP contribution >= 0.6 is 11.8 Å². The van der Waals surface area contributed by atoms with Crippen molar-refractivity contribution in [2.24, 2.45) is 0 Å². The Morgan fingerprint density at radius 3 is 2.69 bits per heavy atom. The Hall–Kier alpha value is -1.29. The van der Waals surface area contributed by atoms with Gasteiger partial charge in [-0.1, -0.05) is 36.4 Å². The maximum atomic E-state index is 10.6. The highest BCUT2D eigenvalue weighted by Crippen LogP contribution is 2.25. The van der Waals surface area contributed by atoms with Crippen LogP contribution in [0, 0.1) is 24.0 Å². The SMILES string of the molecule is CCC(=CSc1ccc(C)cc1C)[N+](=O)[O-]. The van der Waals surface area contributed by atoms with E-state index < -0.39 is 0 Å². The third kappa shape index (κ3) is 3.38. The molecule has 0 amide bonds. The molecule has 0 unspecified atom stereocenters. The van der Waals surface area contributed by atoms with E-state index in [2.05, 4.69) is 6.07 Å². The lowest BCUT2D eigenvalue weighted by Gasteiger charge is -2.03. The number of benzene rings is 1. The van der Waals surface area contributed by atoms with Crippen molar-refractivity contribution >= 4 is 11.8 Å². The summed E-state index contributed by atoms with van der Waals surface area (Å²) < 4.78 is 0. The zero-order chi connectivity index (χ0) is 12.1. The fourth-order valence-electron chi connectivity index (χ4n) is 1.32. The first-order chi connectivity index (χ1) is 7.54. The average Bonchev–Trinajstić information content (AvgIpc) is 2.21. The van der Waals surface area contributed by atoms with Crippen LogP contribution in [0.15, 0.2) is 34.2 Å². The Kier molecular flexibility index (Phi) is 4.55. The number of nitrogens with zero attached hydrogens (tertiary/aromatic N) is 1. The summed E-state index contributed by atoms with van der Waals surface area (Å²) in [5, 5.41) is 12.2. The van der Waals surface area contributed by atoms with Crippen LogP contribution in [0.4, 0.5) is 0 Å². The van der Waals surface area contributed by atoms with E-state index in [4.69, 9.17) is 0 Å². The lowest BCUT2D eigenvalue weighted by atomic mass is 10.2. The van der Waals surface area contributed by atoms with Gasteiger partial charge in [-0.15, -0.1) is 0 Å². The summed E-state index contributed by atoms with van der Waals surface area (Å²) in [6, 6.07) is 6.09. The molecular formula is C12H15NO2S. The smallest absolute Gasteiger partial charge is 0.252 e. The normalized spacial score (nSPS) is 11.6. The fraction of sp³-hybridized carbons (Fsp3) is 0.333. The molecule has 0 bridgehead atoms. The van der Waals surface area contributed by atoms with E-state index in [9.17, 15) is 10.1 Å². The first kappa shape index (κ1) is 12.8. The molecule has 0 aromatic heterocycles. The highest BCUT2D eigenvalue weighted by molar-refractivity contribution is 8.02. The van der Waals surface area contributed by atoms with Crippen molar-refractivity contribution in [1.29, 1.82) is 0 Å². The van der Waals surface area contributed by atoms with E-state index in [0.717, 1.165) is 10.5 Å². The van der Waals surface area contributed by atoms with Crippen molar-refractivity contribution in [3.05, 3.63) is 50.5 Å². The first-order valence-electron chi connectivity index (χ1n) is 5.12. The maximum Gasteiger partial charge on any atom is 0.252 e. The molecule has 0 saturated heterocycles. The summed E-state index contributed by atoms with van der Waals surface area (Å²) in [6.07, 6.45) is 0.449. The average molecular weight is 237 g/mol. The molecule has 0 aliphatic carbocycles. The van der Waals surface area contributed by atoms with Gasteiger partial charge in [0, 0.05) is 16.7 Å². The molecule has 0 saturated carbocycles. The van der Waals surface area contributed by atoms with E-state index in [-0.39, 0.29) is 10.6 Å². The van der Waals surface area contributed by atoms with E-state index in [1.165, 1.54) is 17.3 Å².